The number of fused-ring (bicyclic) bond motifs is 6. The first-order chi connectivity index (χ1) is 14.7. The van der Waals surface area contributed by atoms with Crippen molar-refractivity contribution >= 4 is 34.6 Å². The molecule has 4 heterocycles. The van der Waals surface area contributed by atoms with Crippen LogP contribution in [0.1, 0.15) is 32.8 Å². The Balaban J connectivity index is 1.51. The normalized spacial score (nSPS) is 24.7. The first-order valence-corrected chi connectivity index (χ1v) is 10.2. The number of imide groups is 1. The predicted molar refractivity (Wildman–Crippen MR) is 112 cm³/mol. The van der Waals surface area contributed by atoms with Crippen LogP contribution in [0.2, 0.25) is 0 Å². The highest BCUT2D eigenvalue weighted by atomic mass is 16.2. The number of rotatable bonds is 1. The highest BCUT2D eigenvalue weighted by Gasteiger charge is 2.63. The molecule has 0 aliphatic carbocycles. The number of likely N-dealkylation sites (tertiary alicyclic amines) is 1. The van der Waals surface area contributed by atoms with E-state index in [1.54, 1.807) is 40.3 Å². The van der Waals surface area contributed by atoms with E-state index in [0.29, 0.717) is 35.1 Å². The van der Waals surface area contributed by atoms with E-state index in [2.05, 4.69) is 16.4 Å². The Morgan fingerprint density at radius 3 is 2.74 bits per heavy atom. The Labute approximate surface area is 179 Å². The number of pyridine rings is 1. The van der Waals surface area contributed by atoms with Crippen molar-refractivity contribution in [2.75, 3.05) is 11.4 Å². The topological polar surface area (TPSA) is 110 Å². The predicted octanol–water partition coefficient (Wildman–Crippen LogP) is 2.21. The van der Waals surface area contributed by atoms with Crippen LogP contribution in [0.5, 0.6) is 0 Å². The molecule has 5 rings (SSSR count). The third kappa shape index (κ3) is 2.75. The number of aromatic nitrogens is 1. The van der Waals surface area contributed by atoms with Crippen molar-refractivity contribution < 1.29 is 14.4 Å². The van der Waals surface area contributed by atoms with Gasteiger partial charge in [-0.15, -0.1) is 0 Å². The van der Waals surface area contributed by atoms with E-state index < -0.39 is 11.6 Å². The fraction of sp³-hybridized carbons (Fsp3) is 0.409. The summed E-state index contributed by atoms with van der Waals surface area (Å²) < 4.78 is 0. The highest BCUT2D eigenvalue weighted by Crippen LogP contribution is 2.43. The molecule has 9 nitrogen and oxygen atoms in total. The Kier molecular flexibility index (Phi) is 3.99. The molecule has 1 unspecified atom stereocenters. The molecule has 2 aromatic rings. The van der Waals surface area contributed by atoms with Gasteiger partial charge in [0.1, 0.15) is 12.1 Å². The van der Waals surface area contributed by atoms with Gasteiger partial charge in [0.05, 0.1) is 28.9 Å². The van der Waals surface area contributed by atoms with Gasteiger partial charge in [0.25, 0.3) is 5.91 Å². The summed E-state index contributed by atoms with van der Waals surface area (Å²) >= 11 is 0. The third-order valence-corrected chi connectivity index (χ3v) is 6.12. The number of urea groups is 2. The molecular weight excluding hydrogens is 396 g/mol. The van der Waals surface area contributed by atoms with Crippen molar-refractivity contribution in [2.45, 2.75) is 50.9 Å². The molecule has 0 saturated carbocycles. The molecule has 3 fully saturated rings. The molecule has 1 aromatic heterocycles. The van der Waals surface area contributed by atoms with Gasteiger partial charge < -0.3 is 15.1 Å². The van der Waals surface area contributed by atoms with Gasteiger partial charge in [0.2, 0.25) is 0 Å². The van der Waals surface area contributed by atoms with Gasteiger partial charge in [0, 0.05) is 23.7 Å². The van der Waals surface area contributed by atoms with E-state index in [9.17, 15) is 19.6 Å². The number of anilines is 1. The van der Waals surface area contributed by atoms with Crippen molar-refractivity contribution in [3.63, 3.8) is 0 Å². The zero-order chi connectivity index (χ0) is 22.1. The maximum Gasteiger partial charge on any atom is 0.332 e. The molecule has 31 heavy (non-hydrogen) atoms. The summed E-state index contributed by atoms with van der Waals surface area (Å²) in [5.74, 6) is -0.347. The van der Waals surface area contributed by atoms with Crippen molar-refractivity contribution in [1.82, 2.24) is 20.1 Å². The number of nitrogens with zero attached hydrogens (tertiary/aromatic N) is 5. The van der Waals surface area contributed by atoms with Crippen molar-refractivity contribution in [3.05, 3.63) is 36.0 Å². The van der Waals surface area contributed by atoms with E-state index in [0.717, 1.165) is 0 Å². The number of benzene rings is 1. The second kappa shape index (κ2) is 6.41. The van der Waals surface area contributed by atoms with Crippen LogP contribution in [-0.2, 0) is 4.79 Å². The molecule has 3 aliphatic rings. The Hall–Kier alpha value is -3.67. The second-order valence-electron chi connectivity index (χ2n) is 9.24. The van der Waals surface area contributed by atoms with Crippen LogP contribution in [0.15, 0.2) is 30.5 Å². The fourth-order valence-corrected chi connectivity index (χ4v) is 4.95. The Morgan fingerprint density at radius 2 is 2.03 bits per heavy atom. The number of hydrogen-bond donors (Lipinski definition) is 1. The largest absolute Gasteiger partial charge is 0.333 e. The third-order valence-electron chi connectivity index (χ3n) is 6.12. The molecular formula is C22H22N6O3. The fourth-order valence-electron chi connectivity index (χ4n) is 4.95. The molecule has 3 atom stereocenters. The molecule has 0 spiro atoms. The lowest BCUT2D eigenvalue weighted by molar-refractivity contribution is -0.121. The quantitative estimate of drug-likeness (QED) is 0.714. The number of nitrogens with one attached hydrogen (secondary N) is 1. The van der Waals surface area contributed by atoms with Gasteiger partial charge >= 0.3 is 12.1 Å². The second-order valence-corrected chi connectivity index (χ2v) is 9.24. The van der Waals surface area contributed by atoms with Gasteiger partial charge in [0.15, 0.2) is 0 Å². The van der Waals surface area contributed by atoms with E-state index >= 15 is 0 Å². The van der Waals surface area contributed by atoms with Crippen LogP contribution in [0.25, 0.3) is 10.9 Å². The maximum atomic E-state index is 13.5. The summed E-state index contributed by atoms with van der Waals surface area (Å²) in [6.07, 6.45) is 2.17. The van der Waals surface area contributed by atoms with E-state index in [4.69, 9.17) is 0 Å². The summed E-state index contributed by atoms with van der Waals surface area (Å²) in [5.41, 5.74) is 0.846. The molecule has 3 aliphatic heterocycles. The SMILES string of the molecule is CC(C)(C)NC(=O)N1C[C@H]2CC1[C@@H]1C(=O)N(c3ccc(C#N)c4ncccc34)C(=O)N21. The van der Waals surface area contributed by atoms with E-state index in [-0.39, 0.29) is 30.1 Å². The summed E-state index contributed by atoms with van der Waals surface area (Å²) in [4.78, 5) is 48.3. The number of amides is 5. The van der Waals surface area contributed by atoms with Crippen LogP contribution in [0, 0.1) is 11.3 Å². The number of hydrogen-bond acceptors (Lipinski definition) is 5. The van der Waals surface area contributed by atoms with Gasteiger partial charge in [-0.05, 0) is 51.5 Å². The zero-order valence-corrected chi connectivity index (χ0v) is 17.5. The minimum absolute atomic E-state index is 0.190. The summed E-state index contributed by atoms with van der Waals surface area (Å²) in [5, 5.41) is 12.9. The first kappa shape index (κ1) is 19.3. The lowest BCUT2D eigenvalue weighted by Crippen LogP contribution is -2.59. The molecule has 1 aromatic carbocycles. The van der Waals surface area contributed by atoms with Gasteiger partial charge in [-0.2, -0.15) is 5.26 Å². The van der Waals surface area contributed by atoms with Gasteiger partial charge in [-0.1, -0.05) is 0 Å². The number of nitriles is 1. The minimum Gasteiger partial charge on any atom is -0.333 e. The van der Waals surface area contributed by atoms with Crippen LogP contribution >= 0.6 is 0 Å². The van der Waals surface area contributed by atoms with Crippen LogP contribution in [0.3, 0.4) is 0 Å². The van der Waals surface area contributed by atoms with Crippen LogP contribution in [-0.4, -0.2) is 63.0 Å². The lowest BCUT2D eigenvalue weighted by atomic mass is 10.1. The van der Waals surface area contributed by atoms with Crippen molar-refractivity contribution in [1.29, 1.82) is 5.26 Å². The lowest BCUT2D eigenvalue weighted by Gasteiger charge is -2.36. The molecule has 9 heteroatoms. The average Bonchev–Trinajstić information content (AvgIpc) is 3.38. The standard InChI is InChI=1S/C22H22N6O3/c1-22(2,3)25-20(30)26-11-13-9-16(26)18-19(29)28(21(31)27(13)18)15-7-6-12(10-23)17-14(15)5-4-8-24-17/h4-8,13,16,18H,9,11H2,1-3H3,(H,25,30)/t13-,16?,18-/m1/s1. The monoisotopic (exact) mass is 418 g/mol. The molecule has 1 N–H and O–H groups in total. The molecule has 2 bridgehead atoms. The smallest absolute Gasteiger partial charge is 0.332 e. The first-order valence-electron chi connectivity index (χ1n) is 10.2. The Bertz CT molecular complexity index is 1180. The summed E-state index contributed by atoms with van der Waals surface area (Å²) in [6, 6.07) is 6.92. The van der Waals surface area contributed by atoms with Crippen LogP contribution < -0.4 is 10.2 Å². The maximum absolute atomic E-state index is 13.5. The zero-order valence-electron chi connectivity index (χ0n) is 17.5. The Morgan fingerprint density at radius 1 is 1.26 bits per heavy atom. The molecule has 5 amide bonds. The molecule has 3 saturated heterocycles. The summed E-state index contributed by atoms with van der Waals surface area (Å²) in [6.45, 7) is 6.12. The van der Waals surface area contributed by atoms with E-state index in [1.165, 1.54) is 4.90 Å². The highest BCUT2D eigenvalue weighted by molar-refractivity contribution is 6.25. The van der Waals surface area contributed by atoms with Gasteiger partial charge in [-0.25, -0.2) is 14.5 Å². The molecule has 158 valence electrons. The number of carbonyl (C=O) groups excluding carboxylic acids is 3. The minimum atomic E-state index is -0.695. The van der Waals surface area contributed by atoms with Gasteiger partial charge in [-0.3, -0.25) is 9.78 Å². The average molecular weight is 418 g/mol. The van der Waals surface area contributed by atoms with E-state index in [1.807, 2.05) is 20.8 Å². The van der Waals surface area contributed by atoms with Crippen LogP contribution in [0.4, 0.5) is 15.3 Å². The number of carbonyl (C=O) groups is 3. The summed E-state index contributed by atoms with van der Waals surface area (Å²) in [7, 11) is 0. The van der Waals surface area contributed by atoms with Crippen molar-refractivity contribution in [2.24, 2.45) is 0 Å². The number of piperazine rings is 1. The van der Waals surface area contributed by atoms with Crippen molar-refractivity contribution in [3.8, 4) is 6.07 Å². The molecule has 0 radical (unpaired) electrons.